The zero-order chi connectivity index (χ0) is 14.1. The summed E-state index contributed by atoms with van der Waals surface area (Å²) in [6, 6.07) is 8.43. The fourth-order valence-corrected chi connectivity index (χ4v) is 4.56. The molecule has 1 saturated heterocycles. The normalized spacial score (nSPS) is 22.9. The van der Waals surface area contributed by atoms with Gasteiger partial charge >= 0.3 is 0 Å². The smallest absolute Gasteiger partial charge is 0.0305 e. The van der Waals surface area contributed by atoms with Gasteiger partial charge in [0.1, 0.15) is 0 Å². The molecule has 2 fully saturated rings. The van der Waals surface area contributed by atoms with Crippen molar-refractivity contribution < 1.29 is 0 Å². The van der Waals surface area contributed by atoms with E-state index in [1.165, 1.54) is 48.8 Å². The second kappa shape index (κ2) is 6.47. The molecule has 1 aliphatic carbocycles. The molecule has 4 heteroatoms. The van der Waals surface area contributed by atoms with Gasteiger partial charge in [-0.15, -0.1) is 0 Å². The summed E-state index contributed by atoms with van der Waals surface area (Å²) in [4.78, 5) is 2.68. The van der Waals surface area contributed by atoms with E-state index in [1.807, 2.05) is 0 Å². The van der Waals surface area contributed by atoms with Gasteiger partial charge in [-0.1, -0.05) is 37.9 Å². The Bertz CT molecular complexity index is 466. The zero-order valence-electron chi connectivity index (χ0n) is 11.9. The second-order valence-corrected chi connectivity index (χ2v) is 7.87. The standard InChI is InChI=1S/C16H22Br2N2/c1-11(15-5-2-12(17)10-16(15)18)19-13-6-8-20(9-7-13)14-3-4-14/h2,5,10-11,13-14,19H,3-4,6-9H2,1H3. The van der Waals surface area contributed by atoms with Crippen LogP contribution in [0.1, 0.15) is 44.2 Å². The molecule has 3 rings (SSSR count). The Labute approximate surface area is 138 Å². The van der Waals surface area contributed by atoms with Gasteiger partial charge in [-0.25, -0.2) is 0 Å². The largest absolute Gasteiger partial charge is 0.307 e. The number of piperidine rings is 1. The molecule has 0 aromatic heterocycles. The summed E-state index contributed by atoms with van der Waals surface area (Å²) >= 11 is 7.19. The predicted molar refractivity (Wildman–Crippen MR) is 91.0 cm³/mol. The lowest BCUT2D eigenvalue weighted by Crippen LogP contribution is -2.44. The van der Waals surface area contributed by atoms with Crippen molar-refractivity contribution in [1.82, 2.24) is 10.2 Å². The summed E-state index contributed by atoms with van der Waals surface area (Å²) in [5.74, 6) is 0. The molecule has 0 bridgehead atoms. The van der Waals surface area contributed by atoms with E-state index in [4.69, 9.17) is 0 Å². The number of nitrogens with one attached hydrogen (secondary N) is 1. The molecule has 1 aromatic carbocycles. The van der Waals surface area contributed by atoms with Crippen LogP contribution in [-0.2, 0) is 0 Å². The number of benzene rings is 1. The van der Waals surface area contributed by atoms with Crippen molar-refractivity contribution in [3.63, 3.8) is 0 Å². The van der Waals surface area contributed by atoms with Gasteiger partial charge in [-0.2, -0.15) is 0 Å². The molecule has 1 unspecified atom stereocenters. The number of nitrogens with zero attached hydrogens (tertiary/aromatic N) is 1. The van der Waals surface area contributed by atoms with Crippen LogP contribution in [0.5, 0.6) is 0 Å². The van der Waals surface area contributed by atoms with Gasteiger partial charge in [0.2, 0.25) is 0 Å². The van der Waals surface area contributed by atoms with Crippen molar-refractivity contribution >= 4 is 31.9 Å². The van der Waals surface area contributed by atoms with Crippen molar-refractivity contribution in [1.29, 1.82) is 0 Å². The molecular weight excluding hydrogens is 380 g/mol. The van der Waals surface area contributed by atoms with E-state index in [0.717, 1.165) is 10.5 Å². The maximum absolute atomic E-state index is 3.80. The van der Waals surface area contributed by atoms with Gasteiger partial charge in [0.15, 0.2) is 0 Å². The molecule has 1 atom stereocenters. The molecule has 2 nitrogen and oxygen atoms in total. The lowest BCUT2D eigenvalue weighted by molar-refractivity contribution is 0.184. The number of hydrogen-bond acceptors (Lipinski definition) is 2. The zero-order valence-corrected chi connectivity index (χ0v) is 15.1. The van der Waals surface area contributed by atoms with E-state index < -0.39 is 0 Å². The van der Waals surface area contributed by atoms with Gasteiger partial charge < -0.3 is 10.2 Å². The fraction of sp³-hybridized carbons (Fsp3) is 0.625. The van der Waals surface area contributed by atoms with E-state index in [0.29, 0.717) is 12.1 Å². The van der Waals surface area contributed by atoms with Gasteiger partial charge in [-0.05, 0) is 63.4 Å². The average Bonchev–Trinajstić information content (AvgIpc) is 3.23. The lowest BCUT2D eigenvalue weighted by Gasteiger charge is -2.34. The second-order valence-electron chi connectivity index (χ2n) is 6.10. The number of rotatable bonds is 4. The quantitative estimate of drug-likeness (QED) is 0.799. The third-order valence-electron chi connectivity index (χ3n) is 4.51. The first-order valence-electron chi connectivity index (χ1n) is 7.58. The van der Waals surface area contributed by atoms with Crippen LogP contribution in [-0.4, -0.2) is 30.1 Å². The highest BCUT2D eigenvalue weighted by atomic mass is 79.9. The Hall–Kier alpha value is 0.1000. The Morgan fingerprint density at radius 2 is 1.85 bits per heavy atom. The van der Waals surface area contributed by atoms with Crippen molar-refractivity contribution in [2.45, 2.75) is 50.7 Å². The summed E-state index contributed by atoms with van der Waals surface area (Å²) in [6.45, 7) is 4.81. The summed E-state index contributed by atoms with van der Waals surface area (Å²) in [7, 11) is 0. The lowest BCUT2D eigenvalue weighted by atomic mass is 10.0. The van der Waals surface area contributed by atoms with Crippen LogP contribution < -0.4 is 5.32 Å². The van der Waals surface area contributed by atoms with Crippen LogP contribution in [0.2, 0.25) is 0 Å². The van der Waals surface area contributed by atoms with Gasteiger partial charge in [0.05, 0.1) is 0 Å². The van der Waals surface area contributed by atoms with E-state index in [2.05, 4.69) is 67.2 Å². The minimum absolute atomic E-state index is 0.398. The highest BCUT2D eigenvalue weighted by Gasteiger charge is 2.32. The molecule has 20 heavy (non-hydrogen) atoms. The first-order valence-corrected chi connectivity index (χ1v) is 9.17. The van der Waals surface area contributed by atoms with Crippen LogP contribution in [0, 0.1) is 0 Å². The van der Waals surface area contributed by atoms with Crippen LogP contribution in [0.3, 0.4) is 0 Å². The molecule has 0 amide bonds. The van der Waals surface area contributed by atoms with E-state index >= 15 is 0 Å². The molecule has 1 N–H and O–H groups in total. The number of likely N-dealkylation sites (tertiary alicyclic amines) is 1. The minimum atomic E-state index is 0.398. The molecular formula is C16H22Br2N2. The number of halogens is 2. The Morgan fingerprint density at radius 3 is 2.45 bits per heavy atom. The van der Waals surface area contributed by atoms with Crippen molar-refractivity contribution in [3.8, 4) is 0 Å². The summed E-state index contributed by atoms with van der Waals surface area (Å²) in [5, 5.41) is 3.80. The van der Waals surface area contributed by atoms with Crippen molar-refractivity contribution in [3.05, 3.63) is 32.7 Å². The third-order valence-corrected chi connectivity index (χ3v) is 5.69. The Balaban J connectivity index is 1.54. The molecule has 110 valence electrons. The van der Waals surface area contributed by atoms with E-state index in [9.17, 15) is 0 Å². The monoisotopic (exact) mass is 400 g/mol. The van der Waals surface area contributed by atoms with Crippen LogP contribution in [0.25, 0.3) is 0 Å². The minimum Gasteiger partial charge on any atom is -0.307 e. The molecule has 1 heterocycles. The molecule has 1 aliphatic heterocycles. The highest BCUT2D eigenvalue weighted by Crippen LogP contribution is 2.31. The fourth-order valence-electron chi connectivity index (χ4n) is 3.17. The van der Waals surface area contributed by atoms with Crippen molar-refractivity contribution in [2.75, 3.05) is 13.1 Å². The van der Waals surface area contributed by atoms with Crippen LogP contribution in [0.15, 0.2) is 27.1 Å². The number of hydrogen-bond donors (Lipinski definition) is 1. The molecule has 0 radical (unpaired) electrons. The SMILES string of the molecule is CC(NC1CCN(C2CC2)CC1)c1ccc(Br)cc1Br. The maximum Gasteiger partial charge on any atom is 0.0305 e. The topological polar surface area (TPSA) is 15.3 Å². The Kier molecular flexibility index (Phi) is 4.86. The summed E-state index contributed by atoms with van der Waals surface area (Å²) in [6.07, 6.45) is 5.44. The van der Waals surface area contributed by atoms with Crippen LogP contribution in [0.4, 0.5) is 0 Å². The van der Waals surface area contributed by atoms with E-state index in [1.54, 1.807) is 0 Å². The predicted octanol–water partition coefficient (Wildman–Crippen LogP) is 4.49. The third kappa shape index (κ3) is 3.65. The summed E-state index contributed by atoms with van der Waals surface area (Å²) < 4.78 is 2.31. The highest BCUT2D eigenvalue weighted by molar-refractivity contribution is 9.11. The molecule has 1 saturated carbocycles. The molecule has 0 spiro atoms. The maximum atomic E-state index is 3.80. The Morgan fingerprint density at radius 1 is 1.15 bits per heavy atom. The first kappa shape index (κ1) is 15.0. The molecule has 2 aliphatic rings. The van der Waals surface area contributed by atoms with Crippen LogP contribution >= 0.6 is 31.9 Å². The first-order chi connectivity index (χ1) is 9.63. The summed E-state index contributed by atoms with van der Waals surface area (Å²) in [5.41, 5.74) is 1.35. The van der Waals surface area contributed by atoms with Crippen molar-refractivity contribution in [2.24, 2.45) is 0 Å². The van der Waals surface area contributed by atoms with Gasteiger partial charge in [0.25, 0.3) is 0 Å². The molecule has 1 aromatic rings. The average molecular weight is 402 g/mol. The van der Waals surface area contributed by atoms with E-state index in [-0.39, 0.29) is 0 Å². The van der Waals surface area contributed by atoms with Gasteiger partial charge in [0, 0.05) is 27.1 Å². The van der Waals surface area contributed by atoms with Gasteiger partial charge in [-0.3, -0.25) is 0 Å².